The Morgan fingerprint density at radius 2 is 2.00 bits per heavy atom. The van der Waals surface area contributed by atoms with Crippen molar-refractivity contribution in [3.63, 3.8) is 0 Å². The lowest BCUT2D eigenvalue weighted by Gasteiger charge is -2.21. The molecule has 0 aliphatic carbocycles. The number of anilines is 1. The fraction of sp³-hybridized carbons (Fsp3) is 0.600. The molecule has 2 fully saturated rings. The Morgan fingerprint density at radius 1 is 1.32 bits per heavy atom. The summed E-state index contributed by atoms with van der Waals surface area (Å²) in [5.41, 5.74) is 4.68. The van der Waals surface area contributed by atoms with Gasteiger partial charge in [-0.25, -0.2) is 4.79 Å². The Bertz CT molecular complexity index is 674. The zero-order valence-corrected chi connectivity index (χ0v) is 11.9. The quantitative estimate of drug-likeness (QED) is 0.452. The van der Waals surface area contributed by atoms with Crippen LogP contribution in [0, 0.1) is 0 Å². The molecule has 5 N–H and O–H groups in total. The van der Waals surface area contributed by atoms with Crippen LogP contribution in [0.15, 0.2) is 17.1 Å². The molecule has 0 bridgehead atoms. The predicted molar refractivity (Wildman–Crippen MR) is 69.5 cm³/mol. The van der Waals surface area contributed by atoms with E-state index >= 15 is 0 Å². The Labute approximate surface area is 123 Å². The van der Waals surface area contributed by atoms with Gasteiger partial charge in [-0.3, -0.25) is 9.13 Å². The fourth-order valence-electron chi connectivity index (χ4n) is 2.47. The van der Waals surface area contributed by atoms with E-state index in [-0.39, 0.29) is 5.82 Å². The third-order valence-electron chi connectivity index (χ3n) is 3.41. The van der Waals surface area contributed by atoms with Gasteiger partial charge >= 0.3 is 13.3 Å². The monoisotopic (exact) mass is 335 g/mol. The van der Waals surface area contributed by atoms with Gasteiger partial charge in [0.05, 0.1) is 6.61 Å². The van der Waals surface area contributed by atoms with Gasteiger partial charge in [-0.15, -0.1) is 0 Å². The number of aliphatic hydroxyl groups excluding tert-OH is 1. The standard InChI is InChI=1S/C10H14N3O8P/c11-5-1-2-13(9(15)12-5)8-7-6(4(3-14)19-8)20-10(21-7)22(16,17)18/h1-2,4,6-8,10,14H,3H2,(H2,11,12,15)(H2,16,17,18). The van der Waals surface area contributed by atoms with Gasteiger partial charge in [-0.1, -0.05) is 0 Å². The molecule has 0 spiro atoms. The third-order valence-corrected chi connectivity index (χ3v) is 4.21. The molecule has 12 heteroatoms. The highest BCUT2D eigenvalue weighted by Crippen LogP contribution is 2.51. The maximum atomic E-state index is 11.9. The number of aromatic nitrogens is 2. The van der Waals surface area contributed by atoms with Crippen molar-refractivity contribution >= 4 is 13.4 Å². The smallest absolute Gasteiger partial charge is 0.381 e. The van der Waals surface area contributed by atoms with Crippen molar-refractivity contribution in [2.75, 3.05) is 12.3 Å². The van der Waals surface area contributed by atoms with Gasteiger partial charge in [0.2, 0.25) is 0 Å². The molecule has 1 aromatic rings. The Kier molecular flexibility index (Phi) is 3.81. The van der Waals surface area contributed by atoms with Crippen LogP contribution in [0.5, 0.6) is 0 Å². The van der Waals surface area contributed by atoms with Crippen molar-refractivity contribution in [2.24, 2.45) is 0 Å². The lowest BCUT2D eigenvalue weighted by atomic mass is 10.1. The van der Waals surface area contributed by atoms with Crippen LogP contribution in [0.1, 0.15) is 6.23 Å². The maximum absolute atomic E-state index is 11.9. The Balaban J connectivity index is 1.93. The van der Waals surface area contributed by atoms with Crippen LogP contribution in [0.4, 0.5) is 5.82 Å². The summed E-state index contributed by atoms with van der Waals surface area (Å²) in [6.45, 7) is -0.466. The molecule has 5 atom stereocenters. The van der Waals surface area contributed by atoms with Crippen LogP contribution in [0.3, 0.4) is 0 Å². The molecule has 0 aromatic carbocycles. The molecular weight excluding hydrogens is 321 g/mol. The summed E-state index contributed by atoms with van der Waals surface area (Å²) in [4.78, 5) is 33.7. The third kappa shape index (κ3) is 2.57. The van der Waals surface area contributed by atoms with E-state index < -0.39 is 50.5 Å². The molecule has 11 nitrogen and oxygen atoms in total. The normalized spacial score (nSPS) is 34.8. The van der Waals surface area contributed by atoms with Gasteiger partial charge in [0.15, 0.2) is 6.23 Å². The van der Waals surface area contributed by atoms with Gasteiger partial charge < -0.3 is 34.8 Å². The Morgan fingerprint density at radius 3 is 2.59 bits per heavy atom. The largest absolute Gasteiger partial charge is 0.394 e. The first-order valence-corrected chi connectivity index (χ1v) is 7.96. The molecule has 0 saturated carbocycles. The molecule has 122 valence electrons. The van der Waals surface area contributed by atoms with E-state index in [9.17, 15) is 14.5 Å². The van der Waals surface area contributed by atoms with Crippen molar-refractivity contribution in [2.45, 2.75) is 30.6 Å². The number of hydrogen-bond donors (Lipinski definition) is 4. The lowest BCUT2D eigenvalue weighted by Crippen LogP contribution is -2.34. The topological polar surface area (TPSA) is 166 Å². The first kappa shape index (κ1) is 15.6. The van der Waals surface area contributed by atoms with E-state index in [1.165, 1.54) is 12.3 Å². The second-order valence-corrected chi connectivity index (χ2v) is 6.49. The highest BCUT2D eigenvalue weighted by atomic mass is 31.2. The number of nitrogen functional groups attached to an aromatic ring is 1. The summed E-state index contributed by atoms with van der Waals surface area (Å²) in [5, 5.41) is 9.30. The molecule has 5 unspecified atom stereocenters. The first-order chi connectivity index (χ1) is 10.3. The zero-order chi connectivity index (χ0) is 16.1. The molecule has 0 radical (unpaired) electrons. The number of nitrogens with two attached hydrogens (primary N) is 1. The van der Waals surface area contributed by atoms with E-state index in [2.05, 4.69) is 4.98 Å². The average molecular weight is 335 g/mol. The van der Waals surface area contributed by atoms with Gasteiger partial charge in [-0.2, -0.15) is 4.98 Å². The van der Waals surface area contributed by atoms with Gasteiger partial charge in [0, 0.05) is 6.20 Å². The second-order valence-electron chi connectivity index (χ2n) is 4.89. The molecule has 22 heavy (non-hydrogen) atoms. The van der Waals surface area contributed by atoms with Crippen LogP contribution in [0.25, 0.3) is 0 Å². The van der Waals surface area contributed by atoms with Gasteiger partial charge in [-0.05, 0) is 6.07 Å². The number of nitrogens with zero attached hydrogens (tertiary/aromatic N) is 2. The minimum absolute atomic E-state index is 0.0196. The van der Waals surface area contributed by atoms with Crippen molar-refractivity contribution in [3.8, 4) is 0 Å². The molecule has 3 heterocycles. The minimum Gasteiger partial charge on any atom is -0.394 e. The van der Waals surface area contributed by atoms with E-state index in [1.807, 2.05) is 0 Å². The first-order valence-electron chi connectivity index (χ1n) is 6.28. The number of hydrogen-bond acceptors (Lipinski definition) is 8. The Hall–Kier alpha value is -1.33. The summed E-state index contributed by atoms with van der Waals surface area (Å²) in [6.07, 6.45) is -2.51. The number of rotatable bonds is 3. The minimum atomic E-state index is -4.65. The zero-order valence-electron chi connectivity index (χ0n) is 11.1. The number of fused-ring (bicyclic) bond motifs is 1. The van der Waals surface area contributed by atoms with E-state index in [1.54, 1.807) is 0 Å². The molecule has 2 aliphatic heterocycles. The number of ether oxygens (including phenoxy) is 3. The van der Waals surface area contributed by atoms with Crippen molar-refractivity contribution in [1.82, 2.24) is 9.55 Å². The van der Waals surface area contributed by atoms with E-state index in [0.717, 1.165) is 4.57 Å². The van der Waals surface area contributed by atoms with Crippen molar-refractivity contribution < 1.29 is 33.7 Å². The summed E-state index contributed by atoms with van der Waals surface area (Å²) in [5.74, 6) is 0.0196. The SMILES string of the molecule is Nc1ccn(C2OC(CO)C3OC(P(=O)(O)O)OC32)c(=O)n1. The lowest BCUT2D eigenvalue weighted by molar-refractivity contribution is -0.130. The number of aliphatic hydroxyl groups is 1. The molecule has 2 aliphatic rings. The molecule has 1 aromatic heterocycles. The summed E-state index contributed by atoms with van der Waals surface area (Å²) in [7, 11) is -4.65. The highest BCUT2D eigenvalue weighted by Gasteiger charge is 2.57. The summed E-state index contributed by atoms with van der Waals surface area (Å²) < 4.78 is 28.1. The molecule has 3 rings (SSSR count). The maximum Gasteiger partial charge on any atom is 0.381 e. The van der Waals surface area contributed by atoms with Crippen LogP contribution in [-0.2, 0) is 18.8 Å². The van der Waals surface area contributed by atoms with Crippen LogP contribution >= 0.6 is 7.60 Å². The second kappa shape index (κ2) is 5.39. The highest BCUT2D eigenvalue weighted by molar-refractivity contribution is 7.52. The average Bonchev–Trinajstić information content (AvgIpc) is 2.97. The fourth-order valence-corrected chi connectivity index (χ4v) is 3.07. The van der Waals surface area contributed by atoms with E-state index in [4.69, 9.17) is 29.7 Å². The predicted octanol–water partition coefficient (Wildman–Crippen LogP) is -2.04. The summed E-state index contributed by atoms with van der Waals surface area (Å²) >= 11 is 0. The van der Waals surface area contributed by atoms with Crippen molar-refractivity contribution in [1.29, 1.82) is 0 Å². The molecule has 0 amide bonds. The summed E-state index contributed by atoms with van der Waals surface area (Å²) in [6, 6.07) is -0.400. The van der Waals surface area contributed by atoms with Gasteiger partial charge in [0.1, 0.15) is 24.1 Å². The molecular formula is C10H14N3O8P. The van der Waals surface area contributed by atoms with Crippen LogP contribution in [0.2, 0.25) is 0 Å². The van der Waals surface area contributed by atoms with Gasteiger partial charge in [0.25, 0.3) is 6.03 Å². The molecule has 2 saturated heterocycles. The van der Waals surface area contributed by atoms with E-state index in [0.29, 0.717) is 0 Å². The van der Waals surface area contributed by atoms with Crippen LogP contribution < -0.4 is 11.4 Å². The van der Waals surface area contributed by atoms with Crippen LogP contribution in [-0.4, -0.2) is 55.4 Å². The van der Waals surface area contributed by atoms with Crippen molar-refractivity contribution in [3.05, 3.63) is 22.7 Å².